The molecule has 0 bridgehead atoms. The van der Waals surface area contributed by atoms with Gasteiger partial charge in [-0.2, -0.15) is 0 Å². The van der Waals surface area contributed by atoms with E-state index in [0.29, 0.717) is 24.6 Å². The lowest BCUT2D eigenvalue weighted by Gasteiger charge is -2.35. The van der Waals surface area contributed by atoms with Crippen LogP contribution in [0, 0.1) is 11.7 Å². The molecule has 4 nitrogen and oxygen atoms in total. The van der Waals surface area contributed by atoms with E-state index >= 15 is 0 Å². The monoisotopic (exact) mass is 294 g/mol. The first-order valence-electron chi connectivity index (χ1n) is 7.41. The van der Waals surface area contributed by atoms with E-state index in [9.17, 15) is 14.3 Å². The highest BCUT2D eigenvalue weighted by Crippen LogP contribution is 2.31. The third-order valence-corrected chi connectivity index (χ3v) is 4.31. The largest absolute Gasteiger partial charge is 0.389 e. The second kappa shape index (κ2) is 6.54. The van der Waals surface area contributed by atoms with Crippen LogP contribution >= 0.6 is 0 Å². The smallest absolute Gasteiger partial charge is 0.248 e. The fourth-order valence-corrected chi connectivity index (χ4v) is 2.75. The van der Waals surface area contributed by atoms with Crippen molar-refractivity contribution in [1.29, 1.82) is 0 Å². The van der Waals surface area contributed by atoms with Crippen molar-refractivity contribution in [2.75, 3.05) is 6.54 Å². The van der Waals surface area contributed by atoms with Crippen LogP contribution in [0.3, 0.4) is 0 Å². The standard InChI is InChI=1S/C16H23FN2O2/c1-11-4-6-16(21,7-5-11)10-19-9-13-3-2-12(15(18)20)8-14(13)17/h2-3,8,11,19,21H,4-7,9-10H2,1H3,(H2,18,20). The molecule has 0 unspecified atom stereocenters. The normalized spacial score (nSPS) is 25.8. The SMILES string of the molecule is CC1CCC(O)(CNCc2ccc(C(N)=O)cc2F)CC1. The van der Waals surface area contributed by atoms with Crippen LogP contribution in [0.2, 0.25) is 0 Å². The molecule has 0 aromatic heterocycles. The van der Waals surface area contributed by atoms with Gasteiger partial charge < -0.3 is 16.2 Å². The van der Waals surface area contributed by atoms with Crippen molar-refractivity contribution in [2.45, 2.75) is 44.8 Å². The summed E-state index contributed by atoms with van der Waals surface area (Å²) in [6, 6.07) is 4.21. The molecule has 0 spiro atoms. The Labute approximate surface area is 124 Å². The maximum absolute atomic E-state index is 13.8. The Morgan fingerprint density at radius 2 is 2.14 bits per heavy atom. The number of amides is 1. The van der Waals surface area contributed by atoms with Gasteiger partial charge >= 0.3 is 0 Å². The van der Waals surface area contributed by atoms with Crippen molar-refractivity contribution >= 4 is 5.91 Å². The highest BCUT2D eigenvalue weighted by molar-refractivity contribution is 5.92. The summed E-state index contributed by atoms with van der Waals surface area (Å²) >= 11 is 0. The maximum Gasteiger partial charge on any atom is 0.248 e. The van der Waals surface area contributed by atoms with E-state index in [0.717, 1.165) is 31.7 Å². The van der Waals surface area contributed by atoms with Crippen LogP contribution in [-0.2, 0) is 6.54 Å². The van der Waals surface area contributed by atoms with E-state index < -0.39 is 17.3 Å². The summed E-state index contributed by atoms with van der Waals surface area (Å²) in [7, 11) is 0. The van der Waals surface area contributed by atoms with Crippen molar-refractivity contribution in [3.05, 3.63) is 35.1 Å². The Kier molecular flexibility index (Phi) is 4.96. The number of carbonyl (C=O) groups excluding carboxylic acids is 1. The second-order valence-corrected chi connectivity index (χ2v) is 6.18. The minimum atomic E-state index is -0.684. The van der Waals surface area contributed by atoms with Crippen LogP contribution in [-0.4, -0.2) is 23.2 Å². The molecule has 21 heavy (non-hydrogen) atoms. The van der Waals surface area contributed by atoms with Crippen LogP contribution in [0.5, 0.6) is 0 Å². The van der Waals surface area contributed by atoms with E-state index in [1.165, 1.54) is 6.07 Å². The van der Waals surface area contributed by atoms with E-state index in [1.807, 2.05) is 0 Å². The Hall–Kier alpha value is -1.46. The molecule has 0 atom stereocenters. The molecule has 4 N–H and O–H groups in total. The molecule has 116 valence electrons. The van der Waals surface area contributed by atoms with Crippen LogP contribution in [0.25, 0.3) is 0 Å². The first-order chi connectivity index (χ1) is 9.89. The van der Waals surface area contributed by atoms with Gasteiger partial charge in [0.05, 0.1) is 5.60 Å². The molecule has 1 aromatic carbocycles. The molecule has 1 aliphatic carbocycles. The molecular weight excluding hydrogens is 271 g/mol. The topological polar surface area (TPSA) is 75.3 Å². The third kappa shape index (κ3) is 4.25. The number of carbonyl (C=O) groups is 1. The number of benzene rings is 1. The first-order valence-corrected chi connectivity index (χ1v) is 7.41. The quantitative estimate of drug-likeness (QED) is 0.777. The zero-order valence-electron chi connectivity index (χ0n) is 12.4. The van der Waals surface area contributed by atoms with Crippen molar-refractivity contribution in [3.63, 3.8) is 0 Å². The fraction of sp³-hybridized carbons (Fsp3) is 0.562. The average molecular weight is 294 g/mol. The number of primary amides is 1. The molecule has 2 rings (SSSR count). The zero-order chi connectivity index (χ0) is 15.5. The number of aliphatic hydroxyl groups is 1. The summed E-state index contributed by atoms with van der Waals surface area (Å²) in [4.78, 5) is 11.0. The Morgan fingerprint density at radius 3 is 2.71 bits per heavy atom. The Bertz CT molecular complexity index is 511. The van der Waals surface area contributed by atoms with Crippen LogP contribution in [0.15, 0.2) is 18.2 Å². The Balaban J connectivity index is 1.87. The lowest BCUT2D eigenvalue weighted by atomic mass is 9.79. The first kappa shape index (κ1) is 15.9. The zero-order valence-corrected chi connectivity index (χ0v) is 12.4. The summed E-state index contributed by atoms with van der Waals surface area (Å²) in [5.41, 5.74) is 5.05. The fourth-order valence-electron chi connectivity index (χ4n) is 2.75. The van der Waals surface area contributed by atoms with E-state index in [-0.39, 0.29) is 5.56 Å². The minimum Gasteiger partial charge on any atom is -0.389 e. The number of nitrogens with two attached hydrogens (primary N) is 1. The van der Waals surface area contributed by atoms with E-state index in [4.69, 9.17) is 5.73 Å². The highest BCUT2D eigenvalue weighted by atomic mass is 19.1. The van der Waals surface area contributed by atoms with Crippen LogP contribution in [0.1, 0.15) is 48.5 Å². The second-order valence-electron chi connectivity index (χ2n) is 6.18. The molecule has 0 aliphatic heterocycles. The average Bonchev–Trinajstić information content (AvgIpc) is 2.44. The molecule has 0 heterocycles. The molecule has 1 saturated carbocycles. The molecule has 1 amide bonds. The van der Waals surface area contributed by atoms with Gasteiger partial charge in [0.2, 0.25) is 5.91 Å². The predicted octanol–water partition coefficient (Wildman–Crippen LogP) is 1.96. The van der Waals surface area contributed by atoms with Crippen LogP contribution in [0.4, 0.5) is 4.39 Å². The highest BCUT2D eigenvalue weighted by Gasteiger charge is 2.31. The van der Waals surface area contributed by atoms with Crippen molar-refractivity contribution in [3.8, 4) is 0 Å². The molecule has 1 fully saturated rings. The molecular formula is C16H23FN2O2. The number of hydrogen-bond donors (Lipinski definition) is 3. The van der Waals surface area contributed by atoms with Gasteiger partial charge in [-0.1, -0.05) is 13.0 Å². The van der Waals surface area contributed by atoms with Crippen molar-refractivity contribution < 1.29 is 14.3 Å². The van der Waals surface area contributed by atoms with Gasteiger partial charge in [0.15, 0.2) is 0 Å². The number of rotatable bonds is 5. The molecule has 5 heteroatoms. The van der Waals surface area contributed by atoms with E-state index in [1.54, 1.807) is 6.07 Å². The van der Waals surface area contributed by atoms with Gasteiger partial charge in [-0.25, -0.2) is 4.39 Å². The number of nitrogens with one attached hydrogen (secondary N) is 1. The molecule has 1 aliphatic rings. The van der Waals surface area contributed by atoms with Gasteiger partial charge in [0.25, 0.3) is 0 Å². The van der Waals surface area contributed by atoms with Gasteiger partial charge in [-0.15, -0.1) is 0 Å². The van der Waals surface area contributed by atoms with Crippen molar-refractivity contribution in [2.24, 2.45) is 11.7 Å². The van der Waals surface area contributed by atoms with Crippen LogP contribution < -0.4 is 11.1 Å². The lowest BCUT2D eigenvalue weighted by Crippen LogP contribution is -2.43. The summed E-state index contributed by atoms with van der Waals surface area (Å²) in [6.07, 6.45) is 3.62. The lowest BCUT2D eigenvalue weighted by molar-refractivity contribution is -0.00635. The molecule has 0 radical (unpaired) electrons. The summed E-state index contributed by atoms with van der Waals surface area (Å²) in [6.45, 7) is 2.97. The summed E-state index contributed by atoms with van der Waals surface area (Å²) in [5, 5.41) is 13.5. The Morgan fingerprint density at radius 1 is 1.48 bits per heavy atom. The minimum absolute atomic E-state index is 0.163. The number of halogens is 1. The summed E-state index contributed by atoms with van der Waals surface area (Å²) in [5.74, 6) is -0.425. The molecule has 0 saturated heterocycles. The molecule has 1 aromatic rings. The maximum atomic E-state index is 13.8. The number of hydrogen-bond acceptors (Lipinski definition) is 3. The predicted molar refractivity (Wildman–Crippen MR) is 79.2 cm³/mol. The van der Waals surface area contributed by atoms with E-state index in [2.05, 4.69) is 12.2 Å². The van der Waals surface area contributed by atoms with Gasteiger partial charge in [0.1, 0.15) is 5.82 Å². The van der Waals surface area contributed by atoms with Gasteiger partial charge in [0, 0.05) is 24.2 Å². The van der Waals surface area contributed by atoms with Gasteiger partial charge in [-0.05, 0) is 43.7 Å². The van der Waals surface area contributed by atoms with Crippen molar-refractivity contribution in [1.82, 2.24) is 5.32 Å². The third-order valence-electron chi connectivity index (χ3n) is 4.31. The summed E-state index contributed by atoms with van der Waals surface area (Å²) < 4.78 is 13.8. The van der Waals surface area contributed by atoms with Gasteiger partial charge in [-0.3, -0.25) is 4.79 Å².